The van der Waals surface area contributed by atoms with Gasteiger partial charge in [-0.15, -0.1) is 0 Å². The molecule has 0 spiro atoms. The first-order chi connectivity index (χ1) is 9.56. The van der Waals surface area contributed by atoms with Crippen molar-refractivity contribution in [1.29, 1.82) is 0 Å². The lowest BCUT2D eigenvalue weighted by Crippen LogP contribution is -2.25. The Hall–Kier alpha value is -2.14. The van der Waals surface area contributed by atoms with Crippen molar-refractivity contribution < 1.29 is 4.74 Å². The van der Waals surface area contributed by atoms with Crippen LogP contribution in [0.5, 0.6) is 5.75 Å². The molecule has 0 bridgehead atoms. The molecule has 0 aliphatic rings. The molecule has 5 heteroatoms. The maximum absolute atomic E-state index is 11.5. The normalized spacial score (nSPS) is 12.2. The summed E-state index contributed by atoms with van der Waals surface area (Å²) >= 11 is 0. The van der Waals surface area contributed by atoms with Crippen molar-refractivity contribution in [2.75, 3.05) is 7.11 Å². The van der Waals surface area contributed by atoms with E-state index >= 15 is 0 Å². The summed E-state index contributed by atoms with van der Waals surface area (Å²) < 4.78 is 6.64. The third-order valence-corrected chi connectivity index (χ3v) is 3.28. The van der Waals surface area contributed by atoms with Gasteiger partial charge in [0.25, 0.3) is 5.56 Å². The van der Waals surface area contributed by atoms with Crippen molar-refractivity contribution in [3.63, 3.8) is 0 Å². The number of nitrogens with two attached hydrogens (primary N) is 1. The van der Waals surface area contributed by atoms with Gasteiger partial charge in [-0.1, -0.05) is 12.1 Å². The molecule has 5 nitrogen and oxygen atoms in total. The molecule has 106 valence electrons. The fraction of sp³-hybridized carbons (Fsp3) is 0.333. The Balaban J connectivity index is 2.38. The molecule has 0 saturated heterocycles. The fourth-order valence-electron chi connectivity index (χ4n) is 2.12. The minimum Gasteiger partial charge on any atom is -0.496 e. The fourth-order valence-corrected chi connectivity index (χ4v) is 2.12. The highest BCUT2D eigenvalue weighted by Gasteiger charge is 2.13. The second kappa shape index (κ2) is 5.88. The summed E-state index contributed by atoms with van der Waals surface area (Å²) in [5.41, 5.74) is 8.75. The lowest BCUT2D eigenvalue weighted by molar-refractivity contribution is 0.411. The molecular weight excluding hydrogens is 254 g/mol. The highest BCUT2D eigenvalue weighted by Crippen LogP contribution is 2.24. The second-order valence-corrected chi connectivity index (χ2v) is 4.62. The predicted molar refractivity (Wildman–Crippen MR) is 77.9 cm³/mol. The lowest BCUT2D eigenvalue weighted by Gasteiger charge is -2.14. The number of hydrogen-bond acceptors (Lipinski definition) is 4. The molecule has 0 radical (unpaired) electrons. The molecule has 2 N–H and O–H groups in total. The number of benzene rings is 1. The van der Waals surface area contributed by atoms with Gasteiger partial charge in [-0.3, -0.25) is 4.79 Å². The van der Waals surface area contributed by atoms with Gasteiger partial charge in [-0.2, -0.15) is 5.10 Å². The van der Waals surface area contributed by atoms with E-state index in [0.717, 1.165) is 16.9 Å². The molecule has 1 atom stereocenters. The average Bonchev–Trinajstić information content (AvgIpc) is 2.47. The standard InChI is InChI=1S/C15H19N3O2/c1-4-18-14(19)8-6-12(17-18)15(16)11-5-7-13(20-3)10(2)9-11/h5-9,15H,4,16H2,1-3H3. The van der Waals surface area contributed by atoms with Crippen LogP contribution in [0.15, 0.2) is 35.1 Å². The van der Waals surface area contributed by atoms with Crippen LogP contribution < -0.4 is 16.0 Å². The van der Waals surface area contributed by atoms with Crippen LogP contribution in [0.3, 0.4) is 0 Å². The summed E-state index contributed by atoms with van der Waals surface area (Å²) in [6, 6.07) is 8.60. The first-order valence-electron chi connectivity index (χ1n) is 6.55. The van der Waals surface area contributed by atoms with E-state index in [4.69, 9.17) is 10.5 Å². The SMILES string of the molecule is CCn1nc(C(N)c2ccc(OC)c(C)c2)ccc1=O. The monoisotopic (exact) mass is 273 g/mol. The topological polar surface area (TPSA) is 70.1 Å². The largest absolute Gasteiger partial charge is 0.496 e. The van der Waals surface area contributed by atoms with Gasteiger partial charge in [0.1, 0.15) is 5.75 Å². The molecule has 2 aromatic rings. The van der Waals surface area contributed by atoms with E-state index in [9.17, 15) is 4.79 Å². The van der Waals surface area contributed by atoms with E-state index in [1.807, 2.05) is 32.0 Å². The quantitative estimate of drug-likeness (QED) is 0.919. The molecule has 1 unspecified atom stereocenters. The van der Waals surface area contributed by atoms with Crippen LogP contribution in [-0.4, -0.2) is 16.9 Å². The van der Waals surface area contributed by atoms with E-state index < -0.39 is 0 Å². The van der Waals surface area contributed by atoms with Gasteiger partial charge < -0.3 is 10.5 Å². The Morgan fingerprint density at radius 1 is 1.35 bits per heavy atom. The van der Waals surface area contributed by atoms with Crippen molar-refractivity contribution in [1.82, 2.24) is 9.78 Å². The molecule has 0 aliphatic carbocycles. The third kappa shape index (κ3) is 2.72. The number of aromatic nitrogens is 2. The van der Waals surface area contributed by atoms with Crippen molar-refractivity contribution in [2.24, 2.45) is 5.73 Å². The predicted octanol–water partition coefficient (Wildman–Crippen LogP) is 1.63. The number of ether oxygens (including phenoxy) is 1. The second-order valence-electron chi connectivity index (χ2n) is 4.62. The van der Waals surface area contributed by atoms with Crippen molar-refractivity contribution in [3.05, 3.63) is 57.5 Å². The average molecular weight is 273 g/mol. The molecule has 0 saturated carbocycles. The van der Waals surface area contributed by atoms with Gasteiger partial charge in [-0.25, -0.2) is 4.68 Å². The van der Waals surface area contributed by atoms with E-state index in [-0.39, 0.29) is 11.6 Å². The zero-order chi connectivity index (χ0) is 14.7. The molecule has 2 rings (SSSR count). The summed E-state index contributed by atoms with van der Waals surface area (Å²) in [6.07, 6.45) is 0. The number of methoxy groups -OCH3 is 1. The van der Waals surface area contributed by atoms with Gasteiger partial charge in [0.05, 0.1) is 18.8 Å². The van der Waals surface area contributed by atoms with Crippen LogP contribution in [0.2, 0.25) is 0 Å². The minimum atomic E-state index is -0.363. The van der Waals surface area contributed by atoms with Gasteiger partial charge in [0.15, 0.2) is 0 Å². The Morgan fingerprint density at radius 3 is 2.70 bits per heavy atom. The van der Waals surface area contributed by atoms with Gasteiger partial charge >= 0.3 is 0 Å². The minimum absolute atomic E-state index is 0.116. The highest BCUT2D eigenvalue weighted by atomic mass is 16.5. The van der Waals surface area contributed by atoms with Crippen LogP contribution in [0.4, 0.5) is 0 Å². The van der Waals surface area contributed by atoms with Crippen LogP contribution in [0.1, 0.15) is 29.8 Å². The zero-order valence-electron chi connectivity index (χ0n) is 12.0. The van der Waals surface area contributed by atoms with Crippen LogP contribution >= 0.6 is 0 Å². The molecule has 0 fully saturated rings. The number of hydrogen-bond donors (Lipinski definition) is 1. The first-order valence-corrected chi connectivity index (χ1v) is 6.55. The van der Waals surface area contributed by atoms with Crippen LogP contribution in [0, 0.1) is 6.92 Å². The van der Waals surface area contributed by atoms with E-state index in [1.165, 1.54) is 10.7 Å². The number of nitrogens with zero attached hydrogens (tertiary/aromatic N) is 2. The number of rotatable bonds is 4. The maximum Gasteiger partial charge on any atom is 0.266 e. The van der Waals surface area contributed by atoms with E-state index in [1.54, 1.807) is 13.2 Å². The van der Waals surface area contributed by atoms with Gasteiger partial charge in [0.2, 0.25) is 0 Å². The molecule has 20 heavy (non-hydrogen) atoms. The summed E-state index contributed by atoms with van der Waals surface area (Å²) in [5.74, 6) is 0.826. The van der Waals surface area contributed by atoms with Gasteiger partial charge in [0, 0.05) is 12.6 Å². The third-order valence-electron chi connectivity index (χ3n) is 3.28. The molecule has 1 aromatic heterocycles. The first kappa shape index (κ1) is 14.3. The van der Waals surface area contributed by atoms with Crippen LogP contribution in [0.25, 0.3) is 0 Å². The Labute approximate surface area is 118 Å². The van der Waals surface area contributed by atoms with Crippen LogP contribution in [-0.2, 0) is 6.54 Å². The van der Waals surface area contributed by atoms with Crippen molar-refractivity contribution in [2.45, 2.75) is 26.4 Å². The van der Waals surface area contributed by atoms with Crippen molar-refractivity contribution >= 4 is 0 Å². The molecule has 0 amide bonds. The summed E-state index contributed by atoms with van der Waals surface area (Å²) in [4.78, 5) is 11.5. The lowest BCUT2D eigenvalue weighted by atomic mass is 10.0. The summed E-state index contributed by atoms with van der Waals surface area (Å²) in [6.45, 7) is 4.37. The maximum atomic E-state index is 11.5. The highest BCUT2D eigenvalue weighted by molar-refractivity contribution is 5.39. The Bertz CT molecular complexity index is 664. The summed E-state index contributed by atoms with van der Waals surface area (Å²) in [7, 11) is 1.64. The van der Waals surface area contributed by atoms with Gasteiger partial charge in [-0.05, 0) is 37.1 Å². The Morgan fingerprint density at radius 2 is 2.10 bits per heavy atom. The summed E-state index contributed by atoms with van der Waals surface area (Å²) in [5, 5.41) is 4.29. The molecular formula is C15H19N3O2. The smallest absolute Gasteiger partial charge is 0.266 e. The zero-order valence-corrected chi connectivity index (χ0v) is 12.0. The molecule has 1 heterocycles. The number of aryl methyl sites for hydroxylation is 2. The molecule has 1 aromatic carbocycles. The van der Waals surface area contributed by atoms with Crippen molar-refractivity contribution in [3.8, 4) is 5.75 Å². The molecule has 0 aliphatic heterocycles. The van der Waals surface area contributed by atoms with E-state index in [0.29, 0.717) is 12.2 Å². The van der Waals surface area contributed by atoms with E-state index in [2.05, 4.69) is 5.10 Å². The Kier molecular flexibility index (Phi) is 4.20.